The van der Waals surface area contributed by atoms with Gasteiger partial charge in [-0.25, -0.2) is 0 Å². The van der Waals surface area contributed by atoms with E-state index in [2.05, 4.69) is 57.8 Å². The second kappa shape index (κ2) is 4.64. The van der Waals surface area contributed by atoms with E-state index in [1.165, 1.54) is 12.0 Å². The summed E-state index contributed by atoms with van der Waals surface area (Å²) in [6.07, 6.45) is 1.21. The van der Waals surface area contributed by atoms with Crippen molar-refractivity contribution in [2.24, 2.45) is 0 Å². The topological polar surface area (TPSA) is 24.1 Å². The molecule has 0 amide bonds. The molecule has 2 N–H and O–H groups in total. The van der Waals surface area contributed by atoms with Crippen LogP contribution >= 0.6 is 15.9 Å². The Hall–Kier alpha value is -0.380. The zero-order chi connectivity index (χ0) is 10.7. The minimum Gasteiger partial charge on any atom is -0.315 e. The molecule has 0 spiro atoms. The van der Waals surface area contributed by atoms with Gasteiger partial charge in [0.2, 0.25) is 0 Å². The van der Waals surface area contributed by atoms with Crippen LogP contribution < -0.4 is 10.6 Å². The summed E-state index contributed by atoms with van der Waals surface area (Å²) >= 11 is 3.44. The maximum atomic E-state index is 3.62. The van der Waals surface area contributed by atoms with Crippen LogP contribution in [0.4, 0.5) is 0 Å². The first kappa shape index (κ1) is 11.1. The van der Waals surface area contributed by atoms with Gasteiger partial charge in [-0.1, -0.05) is 28.1 Å². The van der Waals surface area contributed by atoms with Crippen molar-refractivity contribution in [2.45, 2.75) is 25.4 Å². The van der Waals surface area contributed by atoms with Crippen molar-refractivity contribution in [2.75, 3.05) is 13.1 Å². The fourth-order valence-corrected chi connectivity index (χ4v) is 2.15. The molecule has 2 rings (SSSR count). The van der Waals surface area contributed by atoms with Gasteiger partial charge in [-0.15, -0.1) is 0 Å². The maximum Gasteiger partial charge on any atom is 0.0293 e. The molecular weight excluding hydrogens is 252 g/mol. The molecule has 0 aliphatic carbocycles. The smallest absolute Gasteiger partial charge is 0.0293 e. The molecule has 1 atom stereocenters. The van der Waals surface area contributed by atoms with Crippen LogP contribution in [0.3, 0.4) is 0 Å². The summed E-state index contributed by atoms with van der Waals surface area (Å²) in [4.78, 5) is 0. The van der Waals surface area contributed by atoms with Gasteiger partial charge in [-0.2, -0.15) is 0 Å². The average Bonchev–Trinajstić information content (AvgIpc) is 2.65. The zero-order valence-corrected chi connectivity index (χ0v) is 10.6. The van der Waals surface area contributed by atoms with Crippen molar-refractivity contribution >= 4 is 15.9 Å². The van der Waals surface area contributed by atoms with Gasteiger partial charge in [0.1, 0.15) is 0 Å². The van der Waals surface area contributed by atoms with Crippen molar-refractivity contribution in [1.29, 1.82) is 0 Å². The van der Waals surface area contributed by atoms with Gasteiger partial charge in [0, 0.05) is 23.1 Å². The lowest BCUT2D eigenvalue weighted by atomic mass is 10.0. The third-order valence-corrected chi connectivity index (χ3v) is 3.53. The molecule has 1 heterocycles. The Morgan fingerprint density at radius 1 is 1.40 bits per heavy atom. The Labute approximate surface area is 99.6 Å². The Morgan fingerprint density at radius 2 is 2.13 bits per heavy atom. The molecule has 1 aromatic rings. The molecule has 15 heavy (non-hydrogen) atoms. The van der Waals surface area contributed by atoms with Crippen LogP contribution in [-0.2, 0) is 6.54 Å². The van der Waals surface area contributed by atoms with Gasteiger partial charge in [0.25, 0.3) is 0 Å². The van der Waals surface area contributed by atoms with E-state index >= 15 is 0 Å². The van der Waals surface area contributed by atoms with Gasteiger partial charge in [0.05, 0.1) is 0 Å². The summed E-state index contributed by atoms with van der Waals surface area (Å²) in [5.41, 5.74) is 1.61. The van der Waals surface area contributed by atoms with Crippen LogP contribution in [0.5, 0.6) is 0 Å². The summed E-state index contributed by atoms with van der Waals surface area (Å²) in [5, 5.41) is 7.00. The molecule has 0 aromatic heterocycles. The number of hydrogen-bond donors (Lipinski definition) is 2. The summed E-state index contributed by atoms with van der Waals surface area (Å²) in [6.45, 7) is 5.44. The van der Waals surface area contributed by atoms with Gasteiger partial charge in [-0.05, 0) is 37.6 Å². The Bertz CT molecular complexity index is 315. The molecule has 1 aliphatic heterocycles. The fraction of sp³-hybridized carbons (Fsp3) is 0.500. The Kier molecular flexibility index (Phi) is 3.44. The molecule has 1 aliphatic rings. The first-order valence-electron chi connectivity index (χ1n) is 5.38. The van der Waals surface area contributed by atoms with E-state index in [0.717, 1.165) is 24.1 Å². The highest BCUT2D eigenvalue weighted by molar-refractivity contribution is 9.10. The molecule has 1 fully saturated rings. The van der Waals surface area contributed by atoms with E-state index in [1.807, 2.05) is 0 Å². The summed E-state index contributed by atoms with van der Waals surface area (Å²) in [7, 11) is 0. The van der Waals surface area contributed by atoms with Crippen LogP contribution in [0.15, 0.2) is 28.7 Å². The first-order chi connectivity index (χ1) is 7.18. The number of hydrogen-bond acceptors (Lipinski definition) is 2. The van der Waals surface area contributed by atoms with Crippen LogP contribution in [-0.4, -0.2) is 18.6 Å². The van der Waals surface area contributed by atoms with Gasteiger partial charge in [0.15, 0.2) is 0 Å². The molecular formula is C12H17BrN2. The van der Waals surface area contributed by atoms with Crippen molar-refractivity contribution in [3.05, 3.63) is 34.3 Å². The standard InChI is InChI=1S/C12H17BrN2/c1-12(6-7-14-9-12)15-8-10-2-4-11(13)5-3-10/h2-5,14-15H,6-9H2,1H3. The summed E-state index contributed by atoms with van der Waals surface area (Å²) in [6, 6.07) is 8.49. The Balaban J connectivity index is 1.90. The fourth-order valence-electron chi connectivity index (χ4n) is 1.89. The number of halogens is 1. The number of nitrogens with one attached hydrogen (secondary N) is 2. The summed E-state index contributed by atoms with van der Waals surface area (Å²) in [5.74, 6) is 0. The molecule has 82 valence electrons. The molecule has 1 aromatic carbocycles. The van der Waals surface area contributed by atoms with E-state index in [4.69, 9.17) is 0 Å². The van der Waals surface area contributed by atoms with Crippen molar-refractivity contribution in [3.63, 3.8) is 0 Å². The van der Waals surface area contributed by atoms with Crippen LogP contribution in [0, 0.1) is 0 Å². The molecule has 0 saturated carbocycles. The van der Waals surface area contributed by atoms with Gasteiger partial charge < -0.3 is 10.6 Å². The number of benzene rings is 1. The predicted molar refractivity (Wildman–Crippen MR) is 66.9 cm³/mol. The van der Waals surface area contributed by atoms with Gasteiger partial charge in [-0.3, -0.25) is 0 Å². The van der Waals surface area contributed by atoms with Crippen LogP contribution in [0.1, 0.15) is 18.9 Å². The minimum absolute atomic E-state index is 0.271. The highest BCUT2D eigenvalue weighted by Crippen LogP contribution is 2.15. The highest BCUT2D eigenvalue weighted by atomic mass is 79.9. The molecule has 2 nitrogen and oxygen atoms in total. The number of rotatable bonds is 3. The molecule has 3 heteroatoms. The molecule has 1 saturated heterocycles. The third-order valence-electron chi connectivity index (χ3n) is 3.00. The first-order valence-corrected chi connectivity index (χ1v) is 6.17. The van der Waals surface area contributed by atoms with Crippen molar-refractivity contribution in [3.8, 4) is 0 Å². The monoisotopic (exact) mass is 268 g/mol. The average molecular weight is 269 g/mol. The Morgan fingerprint density at radius 3 is 2.73 bits per heavy atom. The zero-order valence-electron chi connectivity index (χ0n) is 9.02. The van der Waals surface area contributed by atoms with E-state index < -0.39 is 0 Å². The lowest BCUT2D eigenvalue weighted by molar-refractivity contribution is 0.386. The normalized spacial score (nSPS) is 25.7. The van der Waals surface area contributed by atoms with E-state index in [1.54, 1.807) is 0 Å². The lowest BCUT2D eigenvalue weighted by Gasteiger charge is -2.24. The quantitative estimate of drug-likeness (QED) is 0.879. The van der Waals surface area contributed by atoms with Crippen molar-refractivity contribution < 1.29 is 0 Å². The molecule has 0 bridgehead atoms. The highest BCUT2D eigenvalue weighted by Gasteiger charge is 2.27. The van der Waals surface area contributed by atoms with E-state index in [9.17, 15) is 0 Å². The maximum absolute atomic E-state index is 3.62. The molecule has 1 unspecified atom stereocenters. The second-order valence-electron chi connectivity index (χ2n) is 4.47. The SMILES string of the molecule is CC1(NCc2ccc(Br)cc2)CCNC1. The lowest BCUT2D eigenvalue weighted by Crippen LogP contribution is -2.43. The summed E-state index contributed by atoms with van der Waals surface area (Å²) < 4.78 is 1.14. The van der Waals surface area contributed by atoms with Gasteiger partial charge >= 0.3 is 0 Å². The predicted octanol–water partition coefficient (Wildman–Crippen LogP) is 2.29. The van der Waals surface area contributed by atoms with E-state index in [-0.39, 0.29) is 5.54 Å². The minimum atomic E-state index is 0.271. The molecule has 0 radical (unpaired) electrons. The van der Waals surface area contributed by atoms with Crippen molar-refractivity contribution in [1.82, 2.24) is 10.6 Å². The van der Waals surface area contributed by atoms with Crippen LogP contribution in [0.25, 0.3) is 0 Å². The van der Waals surface area contributed by atoms with E-state index in [0.29, 0.717) is 0 Å². The van der Waals surface area contributed by atoms with Crippen LogP contribution in [0.2, 0.25) is 0 Å². The second-order valence-corrected chi connectivity index (χ2v) is 5.38. The largest absolute Gasteiger partial charge is 0.315 e. The third kappa shape index (κ3) is 3.03.